The molecule has 2 heterocycles. The van der Waals surface area contributed by atoms with Crippen LogP contribution >= 0.6 is 11.3 Å². The second-order valence-corrected chi connectivity index (χ2v) is 11.3. The fourth-order valence-electron chi connectivity index (χ4n) is 5.77. The first kappa shape index (κ1) is 24.9. The molecule has 1 atom stereocenters. The molecule has 0 radical (unpaired) electrons. The topological polar surface area (TPSA) is 102 Å². The molecule has 8 nitrogen and oxygen atoms in total. The number of amides is 1. The maximum atomic E-state index is 12.8. The summed E-state index contributed by atoms with van der Waals surface area (Å²) in [5.74, 6) is 0.760. The van der Waals surface area contributed by atoms with Crippen molar-refractivity contribution in [3.05, 3.63) is 53.1 Å². The highest BCUT2D eigenvalue weighted by molar-refractivity contribution is 7.15. The number of aromatic nitrogens is 4. The summed E-state index contributed by atoms with van der Waals surface area (Å²) < 4.78 is 1.69. The summed E-state index contributed by atoms with van der Waals surface area (Å²) >= 11 is 1.68. The molecule has 0 unspecified atom stereocenters. The van der Waals surface area contributed by atoms with Gasteiger partial charge in [0, 0.05) is 22.5 Å². The van der Waals surface area contributed by atoms with Gasteiger partial charge in [-0.3, -0.25) is 4.79 Å². The smallest absolute Gasteiger partial charge is 0.251 e. The Bertz CT molecular complexity index is 1120. The van der Waals surface area contributed by atoms with E-state index in [1.807, 2.05) is 24.3 Å². The number of rotatable bonds is 9. The molecule has 36 heavy (non-hydrogen) atoms. The van der Waals surface area contributed by atoms with Gasteiger partial charge in [0.05, 0.1) is 11.4 Å². The average molecular weight is 508 g/mol. The van der Waals surface area contributed by atoms with Gasteiger partial charge in [0.1, 0.15) is 12.7 Å². The number of nitrogens with one attached hydrogen (secondary N) is 1. The van der Waals surface area contributed by atoms with Crippen LogP contribution in [0.3, 0.4) is 0 Å². The molecule has 0 saturated heterocycles. The Morgan fingerprint density at radius 1 is 1.17 bits per heavy atom. The number of nitrogens with two attached hydrogens (primary N) is 1. The van der Waals surface area contributed by atoms with Gasteiger partial charge in [-0.15, -0.1) is 11.3 Å². The van der Waals surface area contributed by atoms with Crippen LogP contribution in [0.5, 0.6) is 0 Å². The third-order valence-electron chi connectivity index (χ3n) is 7.78. The summed E-state index contributed by atoms with van der Waals surface area (Å²) in [5, 5.41) is 8.11. The Balaban J connectivity index is 1.07. The van der Waals surface area contributed by atoms with E-state index in [-0.39, 0.29) is 11.9 Å². The number of anilines is 1. The van der Waals surface area contributed by atoms with Crippen molar-refractivity contribution in [3.63, 3.8) is 0 Å². The van der Waals surface area contributed by atoms with E-state index >= 15 is 0 Å². The lowest BCUT2D eigenvalue weighted by molar-refractivity contribution is 0.0918. The van der Waals surface area contributed by atoms with Crippen LogP contribution in [-0.2, 0) is 12.8 Å². The number of thiazole rings is 1. The predicted molar refractivity (Wildman–Crippen MR) is 143 cm³/mol. The molecule has 0 bridgehead atoms. The van der Waals surface area contributed by atoms with Crippen molar-refractivity contribution in [1.29, 1.82) is 0 Å². The van der Waals surface area contributed by atoms with E-state index in [0.29, 0.717) is 11.6 Å². The van der Waals surface area contributed by atoms with Crippen LogP contribution in [0.2, 0.25) is 0 Å². The van der Waals surface area contributed by atoms with Crippen LogP contribution in [0.15, 0.2) is 36.9 Å². The summed E-state index contributed by atoms with van der Waals surface area (Å²) in [6, 6.07) is 8.40. The minimum Gasteiger partial charge on any atom is -0.375 e. The lowest BCUT2D eigenvalue weighted by Gasteiger charge is -2.36. The molecular weight excluding hydrogens is 470 g/mol. The maximum Gasteiger partial charge on any atom is 0.251 e. The van der Waals surface area contributed by atoms with Gasteiger partial charge < -0.3 is 16.0 Å². The van der Waals surface area contributed by atoms with Gasteiger partial charge in [-0.25, -0.2) is 14.6 Å². The Morgan fingerprint density at radius 2 is 1.97 bits per heavy atom. The van der Waals surface area contributed by atoms with Crippen molar-refractivity contribution in [3.8, 4) is 5.69 Å². The molecule has 1 aromatic carbocycles. The molecule has 0 aliphatic heterocycles. The van der Waals surface area contributed by atoms with Gasteiger partial charge in [0.15, 0.2) is 5.13 Å². The first-order valence-electron chi connectivity index (χ1n) is 13.3. The SMILES string of the molecule is CCCN(CCC1CCC(NC(=O)c2ccc(-n3cncn3)cc2)CC1)[C@H]1CCc2nc(N)sc2C1. The molecular formula is C27H37N7OS. The zero-order chi connectivity index (χ0) is 24.9. The van der Waals surface area contributed by atoms with Crippen molar-refractivity contribution in [2.75, 3.05) is 18.8 Å². The quantitative estimate of drug-likeness (QED) is 0.449. The molecule has 3 aromatic rings. The summed E-state index contributed by atoms with van der Waals surface area (Å²) in [6.45, 7) is 4.61. The van der Waals surface area contributed by atoms with Crippen molar-refractivity contribution < 1.29 is 4.79 Å². The predicted octanol–water partition coefficient (Wildman–Crippen LogP) is 4.25. The second-order valence-electron chi connectivity index (χ2n) is 10.2. The number of carbonyl (C=O) groups excluding carboxylic acids is 1. The number of carbonyl (C=O) groups is 1. The van der Waals surface area contributed by atoms with E-state index in [2.05, 4.69) is 32.2 Å². The molecule has 3 N–H and O–H groups in total. The summed E-state index contributed by atoms with van der Waals surface area (Å²) in [5.41, 5.74) is 8.77. The molecule has 1 saturated carbocycles. The Morgan fingerprint density at radius 3 is 2.69 bits per heavy atom. The first-order valence-corrected chi connectivity index (χ1v) is 14.1. The fourth-order valence-corrected chi connectivity index (χ4v) is 6.72. The Kier molecular flexibility index (Phi) is 7.96. The van der Waals surface area contributed by atoms with Gasteiger partial charge >= 0.3 is 0 Å². The molecule has 192 valence electrons. The van der Waals surface area contributed by atoms with E-state index in [4.69, 9.17) is 5.73 Å². The van der Waals surface area contributed by atoms with Gasteiger partial charge in [-0.2, -0.15) is 5.10 Å². The van der Waals surface area contributed by atoms with Gasteiger partial charge in [-0.1, -0.05) is 6.92 Å². The molecule has 1 fully saturated rings. The van der Waals surface area contributed by atoms with Crippen molar-refractivity contribution in [2.24, 2.45) is 5.92 Å². The summed E-state index contributed by atoms with van der Waals surface area (Å²) in [6.07, 6.45) is 13.4. The van der Waals surface area contributed by atoms with Gasteiger partial charge in [0.25, 0.3) is 5.91 Å². The zero-order valence-corrected chi connectivity index (χ0v) is 21.9. The van der Waals surface area contributed by atoms with Crippen LogP contribution in [0.25, 0.3) is 5.69 Å². The monoisotopic (exact) mass is 507 g/mol. The summed E-state index contributed by atoms with van der Waals surface area (Å²) in [7, 11) is 0. The molecule has 2 aromatic heterocycles. The lowest BCUT2D eigenvalue weighted by Crippen LogP contribution is -2.41. The van der Waals surface area contributed by atoms with E-state index in [9.17, 15) is 4.79 Å². The zero-order valence-electron chi connectivity index (χ0n) is 21.1. The number of fused-ring (bicyclic) bond motifs is 1. The highest BCUT2D eigenvalue weighted by Crippen LogP contribution is 2.32. The molecule has 2 aliphatic carbocycles. The van der Waals surface area contributed by atoms with E-state index in [1.165, 1.54) is 55.5 Å². The Hall–Kier alpha value is -2.78. The van der Waals surface area contributed by atoms with Gasteiger partial charge in [-0.05, 0) is 101 Å². The van der Waals surface area contributed by atoms with Crippen LogP contribution in [0, 0.1) is 5.92 Å². The van der Waals surface area contributed by atoms with Crippen molar-refractivity contribution in [1.82, 2.24) is 30.0 Å². The highest BCUT2D eigenvalue weighted by Gasteiger charge is 2.28. The largest absolute Gasteiger partial charge is 0.375 e. The number of hydrogen-bond donors (Lipinski definition) is 2. The van der Waals surface area contributed by atoms with E-state index < -0.39 is 0 Å². The summed E-state index contributed by atoms with van der Waals surface area (Å²) in [4.78, 5) is 25.4. The number of benzene rings is 1. The normalized spacial score (nSPS) is 21.9. The van der Waals surface area contributed by atoms with Gasteiger partial charge in [0.2, 0.25) is 0 Å². The van der Waals surface area contributed by atoms with Crippen LogP contribution < -0.4 is 11.1 Å². The lowest BCUT2D eigenvalue weighted by atomic mass is 9.83. The molecule has 9 heteroatoms. The van der Waals surface area contributed by atoms with Crippen LogP contribution in [0.4, 0.5) is 5.13 Å². The maximum absolute atomic E-state index is 12.8. The molecule has 0 spiro atoms. The highest BCUT2D eigenvalue weighted by atomic mass is 32.1. The van der Waals surface area contributed by atoms with Crippen LogP contribution in [0.1, 0.15) is 72.8 Å². The number of nitrogens with zero attached hydrogens (tertiary/aromatic N) is 5. The standard InChI is InChI=1S/C27H37N7OS/c1-2-14-33(23-11-12-24-25(16-23)36-27(28)32-24)15-13-19-3-7-21(8-4-19)31-26(35)20-5-9-22(10-6-20)34-18-29-17-30-34/h5-6,9-10,17-19,21,23H,2-4,7-8,11-16H2,1H3,(H2,28,32)(H,31,35)/t19?,21?,23-/m0/s1. The average Bonchev–Trinajstić information content (AvgIpc) is 3.56. The third-order valence-corrected chi connectivity index (χ3v) is 8.73. The van der Waals surface area contributed by atoms with Crippen molar-refractivity contribution >= 4 is 22.4 Å². The third kappa shape index (κ3) is 5.95. The fraction of sp³-hybridized carbons (Fsp3) is 0.556. The first-order chi connectivity index (χ1) is 17.6. The second kappa shape index (κ2) is 11.5. The van der Waals surface area contributed by atoms with E-state index in [1.54, 1.807) is 22.3 Å². The minimum absolute atomic E-state index is 0.0121. The number of nitrogen functional groups attached to an aromatic ring is 1. The number of aryl methyl sites for hydroxylation is 1. The molecule has 2 aliphatic rings. The minimum atomic E-state index is 0.0121. The van der Waals surface area contributed by atoms with Crippen LogP contribution in [-0.4, -0.2) is 55.7 Å². The Labute approximate surface area is 217 Å². The molecule has 1 amide bonds. The van der Waals surface area contributed by atoms with E-state index in [0.717, 1.165) is 49.0 Å². The molecule has 5 rings (SSSR count). The number of hydrogen-bond acceptors (Lipinski definition) is 7. The van der Waals surface area contributed by atoms with Crippen molar-refractivity contribution in [2.45, 2.75) is 76.8 Å².